The zero-order valence-corrected chi connectivity index (χ0v) is 28.6. The van der Waals surface area contributed by atoms with Gasteiger partial charge in [-0.05, 0) is 30.7 Å². The number of aliphatic hydroxyl groups is 1. The van der Waals surface area contributed by atoms with Gasteiger partial charge < -0.3 is 40.2 Å². The van der Waals surface area contributed by atoms with Crippen LogP contribution in [0.1, 0.15) is 68.4 Å². The first-order valence-corrected chi connectivity index (χ1v) is 17.7. The summed E-state index contributed by atoms with van der Waals surface area (Å²) in [6.07, 6.45) is 14.8. The Balaban J connectivity index is 1.30. The number of aryl methyl sites for hydroxylation is 2. The van der Waals surface area contributed by atoms with E-state index in [1.807, 2.05) is 48.1 Å². The van der Waals surface area contributed by atoms with E-state index in [2.05, 4.69) is 30.9 Å². The van der Waals surface area contributed by atoms with Crippen molar-refractivity contribution in [3.8, 4) is 0 Å². The van der Waals surface area contributed by atoms with Crippen LogP contribution < -0.4 is 16.0 Å². The molecule has 2 fully saturated rings. The van der Waals surface area contributed by atoms with E-state index < -0.39 is 30.1 Å². The lowest BCUT2D eigenvalue weighted by atomic mass is 9.83. The van der Waals surface area contributed by atoms with Crippen molar-refractivity contribution in [3.63, 3.8) is 0 Å². The largest absolute Gasteiger partial charge is 0.391 e. The predicted octanol–water partition coefficient (Wildman–Crippen LogP) is 2.66. The third-order valence-electron chi connectivity index (χ3n) is 9.73. The summed E-state index contributed by atoms with van der Waals surface area (Å²) in [5, 5.41) is 20.5. The Bertz CT molecular complexity index is 1440. The number of hydrogen-bond donors (Lipinski definition) is 5. The van der Waals surface area contributed by atoms with E-state index in [1.54, 1.807) is 17.3 Å². The molecular formula is C36H52N8O5. The van der Waals surface area contributed by atoms with Gasteiger partial charge in [-0.3, -0.25) is 9.59 Å². The van der Waals surface area contributed by atoms with Crippen molar-refractivity contribution in [2.45, 2.75) is 94.9 Å². The molecule has 266 valence electrons. The topological polar surface area (TPSA) is 166 Å². The molecule has 1 saturated heterocycles. The molecule has 1 aliphatic heterocycles. The van der Waals surface area contributed by atoms with Gasteiger partial charge in [-0.1, -0.05) is 62.4 Å². The second kappa shape index (κ2) is 18.5. The summed E-state index contributed by atoms with van der Waals surface area (Å²) in [6, 6.07) is 6.75. The number of ether oxygens (including phenoxy) is 1. The highest BCUT2D eigenvalue weighted by atomic mass is 16.5. The summed E-state index contributed by atoms with van der Waals surface area (Å²) >= 11 is 0. The monoisotopic (exact) mass is 676 g/mol. The average Bonchev–Trinajstić information content (AvgIpc) is 3.80. The van der Waals surface area contributed by atoms with Crippen molar-refractivity contribution in [2.75, 3.05) is 26.3 Å². The molecule has 13 nitrogen and oxygen atoms in total. The molecule has 0 unspecified atom stereocenters. The van der Waals surface area contributed by atoms with Crippen LogP contribution in [0, 0.1) is 5.92 Å². The molecule has 1 aliphatic carbocycles. The number of aromatic amines is 1. The number of nitrogens with zero attached hydrogens (tertiary/aromatic N) is 4. The van der Waals surface area contributed by atoms with Crippen molar-refractivity contribution >= 4 is 17.8 Å². The Hall–Kier alpha value is -4.23. The first-order chi connectivity index (χ1) is 23.9. The Morgan fingerprint density at radius 3 is 2.43 bits per heavy atom. The van der Waals surface area contributed by atoms with Crippen LogP contribution in [-0.2, 0) is 40.6 Å². The maximum atomic E-state index is 14.1. The fraction of sp³-hybridized carbons (Fsp3) is 0.583. The minimum absolute atomic E-state index is 0.165. The second-order valence-corrected chi connectivity index (χ2v) is 13.4. The molecule has 13 heteroatoms. The number of aliphatic hydroxyl groups excluding tert-OH is 1. The minimum atomic E-state index is -0.972. The Morgan fingerprint density at radius 1 is 1.00 bits per heavy atom. The van der Waals surface area contributed by atoms with Crippen LogP contribution >= 0.6 is 0 Å². The highest BCUT2D eigenvalue weighted by Gasteiger charge is 2.32. The second-order valence-electron chi connectivity index (χ2n) is 13.4. The molecule has 0 bridgehead atoms. The zero-order chi connectivity index (χ0) is 34.4. The maximum absolute atomic E-state index is 14.1. The molecule has 5 rings (SSSR count). The van der Waals surface area contributed by atoms with E-state index in [4.69, 9.17) is 4.74 Å². The van der Waals surface area contributed by atoms with Gasteiger partial charge in [-0.25, -0.2) is 14.8 Å². The number of hydrogen-bond acceptors (Lipinski definition) is 7. The van der Waals surface area contributed by atoms with E-state index in [0.29, 0.717) is 50.8 Å². The molecule has 49 heavy (non-hydrogen) atoms. The highest BCUT2D eigenvalue weighted by Crippen LogP contribution is 2.29. The van der Waals surface area contributed by atoms with E-state index in [1.165, 1.54) is 12.7 Å². The van der Waals surface area contributed by atoms with Crippen LogP contribution in [0.15, 0.2) is 55.2 Å². The van der Waals surface area contributed by atoms with E-state index in [0.717, 1.165) is 49.9 Å². The van der Waals surface area contributed by atoms with Gasteiger partial charge in [-0.2, -0.15) is 0 Å². The first kappa shape index (κ1) is 36.1. The zero-order valence-electron chi connectivity index (χ0n) is 28.6. The lowest BCUT2D eigenvalue weighted by Crippen LogP contribution is -2.59. The molecule has 4 amide bonds. The van der Waals surface area contributed by atoms with Gasteiger partial charge >= 0.3 is 6.03 Å². The molecule has 4 atom stereocenters. The molecular weight excluding hydrogens is 624 g/mol. The number of carbonyl (C=O) groups is 3. The molecule has 1 aromatic carbocycles. The quantitative estimate of drug-likeness (QED) is 0.156. The van der Waals surface area contributed by atoms with Crippen molar-refractivity contribution in [3.05, 3.63) is 72.3 Å². The van der Waals surface area contributed by atoms with Crippen LogP contribution in [0.25, 0.3) is 0 Å². The number of aromatic nitrogens is 4. The van der Waals surface area contributed by atoms with Crippen LogP contribution in [0.3, 0.4) is 0 Å². The number of nitrogens with one attached hydrogen (secondary N) is 4. The Kier molecular flexibility index (Phi) is 13.6. The summed E-state index contributed by atoms with van der Waals surface area (Å²) in [5.41, 5.74) is 1.55. The summed E-state index contributed by atoms with van der Waals surface area (Å²) in [6.45, 7) is 1.74. The molecule has 1 saturated carbocycles. The van der Waals surface area contributed by atoms with Crippen LogP contribution in [-0.4, -0.2) is 97.9 Å². The Labute approximate surface area is 288 Å². The summed E-state index contributed by atoms with van der Waals surface area (Å²) in [4.78, 5) is 54.5. The van der Waals surface area contributed by atoms with Gasteiger partial charge in [0.15, 0.2) is 0 Å². The first-order valence-electron chi connectivity index (χ1n) is 17.7. The molecule has 5 N–H and O–H groups in total. The fourth-order valence-corrected chi connectivity index (χ4v) is 6.85. The van der Waals surface area contributed by atoms with Crippen molar-refractivity contribution < 1.29 is 24.2 Å². The maximum Gasteiger partial charge on any atom is 0.318 e. The smallest absolute Gasteiger partial charge is 0.318 e. The SMILES string of the molecule is Cn1ccnc1CCC[C@H](O)[C@H](CC1CCCCC1)NC(=O)[C@H](Cc1cnc[nH]1)NC(=O)[C@H](Cc1ccccc1)NC(=O)N1CCOCC1. The van der Waals surface area contributed by atoms with Gasteiger partial charge in [0.2, 0.25) is 11.8 Å². The van der Waals surface area contributed by atoms with E-state index >= 15 is 0 Å². The average molecular weight is 677 g/mol. The van der Waals surface area contributed by atoms with Gasteiger partial charge in [0, 0.05) is 63.7 Å². The Morgan fingerprint density at radius 2 is 1.73 bits per heavy atom. The molecule has 0 radical (unpaired) electrons. The van der Waals surface area contributed by atoms with Gasteiger partial charge in [0.1, 0.15) is 17.9 Å². The number of morpholine rings is 1. The fourth-order valence-electron chi connectivity index (χ4n) is 6.85. The third-order valence-corrected chi connectivity index (χ3v) is 9.73. The van der Waals surface area contributed by atoms with Crippen LogP contribution in [0.5, 0.6) is 0 Å². The molecule has 3 aromatic rings. The molecule has 2 aromatic heterocycles. The molecule has 2 aliphatic rings. The van der Waals surface area contributed by atoms with E-state index in [9.17, 15) is 19.5 Å². The number of rotatable bonds is 16. The standard InChI is InChI=1S/C36H52N8O5/c1-43-16-15-38-33(43)14-8-13-32(45)29(21-26-9-4-2-5-10-26)40-35(47)31(23-28-24-37-25-39-28)41-34(46)30(22-27-11-6-3-7-12-27)42-36(48)44-17-19-49-20-18-44/h3,6-7,11-12,15-16,24-26,29-32,45H,2,4-5,8-10,13-14,17-23H2,1H3,(H,37,39)(H,40,47)(H,41,46)(H,42,48)/t29-,30-,31-,32-/m0/s1. The highest BCUT2D eigenvalue weighted by molar-refractivity contribution is 5.92. The number of imidazole rings is 2. The summed E-state index contributed by atoms with van der Waals surface area (Å²) in [5.74, 6) is 0.511. The number of amides is 4. The summed E-state index contributed by atoms with van der Waals surface area (Å²) in [7, 11) is 1.96. The summed E-state index contributed by atoms with van der Waals surface area (Å²) < 4.78 is 7.37. The lowest BCUT2D eigenvalue weighted by Gasteiger charge is -2.32. The molecule has 0 spiro atoms. The lowest BCUT2D eigenvalue weighted by molar-refractivity contribution is -0.131. The number of H-pyrrole nitrogens is 1. The predicted molar refractivity (Wildman–Crippen MR) is 184 cm³/mol. The van der Waals surface area contributed by atoms with Crippen molar-refractivity contribution in [2.24, 2.45) is 13.0 Å². The van der Waals surface area contributed by atoms with Crippen molar-refractivity contribution in [1.29, 1.82) is 0 Å². The van der Waals surface area contributed by atoms with Crippen LogP contribution in [0.4, 0.5) is 4.79 Å². The number of carbonyl (C=O) groups excluding carboxylic acids is 3. The van der Waals surface area contributed by atoms with Gasteiger partial charge in [0.25, 0.3) is 0 Å². The minimum Gasteiger partial charge on any atom is -0.391 e. The number of urea groups is 1. The van der Waals surface area contributed by atoms with Gasteiger partial charge in [0.05, 0.1) is 31.7 Å². The normalized spacial score (nSPS) is 17.9. The van der Waals surface area contributed by atoms with Crippen LogP contribution in [0.2, 0.25) is 0 Å². The molecule has 3 heterocycles. The van der Waals surface area contributed by atoms with Gasteiger partial charge in [-0.15, -0.1) is 0 Å². The number of benzene rings is 1. The van der Waals surface area contributed by atoms with Crippen molar-refractivity contribution in [1.82, 2.24) is 40.4 Å². The third kappa shape index (κ3) is 11.1. The van der Waals surface area contributed by atoms with E-state index in [-0.39, 0.29) is 24.8 Å².